The van der Waals surface area contributed by atoms with Crippen LogP contribution in [0.15, 0.2) is 36.0 Å². The van der Waals surface area contributed by atoms with Crippen LogP contribution < -0.4 is 9.64 Å². The summed E-state index contributed by atoms with van der Waals surface area (Å²) in [6, 6.07) is 7.44. The van der Waals surface area contributed by atoms with Crippen molar-refractivity contribution in [2.45, 2.75) is 25.4 Å². The predicted octanol–water partition coefficient (Wildman–Crippen LogP) is 3.80. The fourth-order valence-corrected chi connectivity index (χ4v) is 4.62. The first kappa shape index (κ1) is 21.6. The SMILES string of the molecule is Fc1nc(N2CCC(c3nc(COc4ccc(-n5cnnn5)cc4)cs3)CC2)nc(F)c1Cl. The van der Waals surface area contributed by atoms with Crippen molar-refractivity contribution in [2.75, 3.05) is 18.0 Å². The summed E-state index contributed by atoms with van der Waals surface area (Å²) in [7, 11) is 0. The third kappa shape index (κ3) is 4.76. The number of tetrazole rings is 1. The van der Waals surface area contributed by atoms with Gasteiger partial charge in [-0.3, -0.25) is 0 Å². The van der Waals surface area contributed by atoms with Crippen LogP contribution in [-0.4, -0.2) is 48.2 Å². The van der Waals surface area contributed by atoms with E-state index < -0.39 is 16.9 Å². The summed E-state index contributed by atoms with van der Waals surface area (Å²) in [4.78, 5) is 13.8. The Bertz CT molecular complexity index is 1210. The van der Waals surface area contributed by atoms with Gasteiger partial charge in [0, 0.05) is 24.4 Å². The summed E-state index contributed by atoms with van der Waals surface area (Å²) < 4.78 is 34.7. The lowest BCUT2D eigenvalue weighted by molar-refractivity contribution is 0.301. The van der Waals surface area contributed by atoms with Crippen molar-refractivity contribution >= 4 is 28.9 Å². The zero-order chi connectivity index (χ0) is 22.8. The number of aromatic nitrogens is 7. The third-order valence-corrected chi connectivity index (χ3v) is 6.66. The van der Waals surface area contributed by atoms with E-state index in [0.717, 1.165) is 35.0 Å². The molecule has 1 fully saturated rings. The Balaban J connectivity index is 1.15. The molecule has 0 N–H and O–H groups in total. The standard InChI is InChI=1S/C20H17ClF2N8OS/c21-16-17(22)26-20(27-18(16)23)30-7-5-12(6-8-30)19-25-13(10-33-19)9-32-15-3-1-14(2-4-15)31-11-24-28-29-31/h1-4,10-12H,5-9H2. The molecule has 1 aliphatic heterocycles. The van der Waals surface area contributed by atoms with Crippen LogP contribution in [0.5, 0.6) is 5.75 Å². The molecular weight excluding hydrogens is 474 g/mol. The van der Waals surface area contributed by atoms with Crippen LogP contribution in [0.4, 0.5) is 14.7 Å². The topological polar surface area (TPSA) is 94.7 Å². The molecule has 0 radical (unpaired) electrons. The molecule has 0 atom stereocenters. The summed E-state index contributed by atoms with van der Waals surface area (Å²) in [5.41, 5.74) is 1.69. The molecule has 3 aromatic heterocycles. The monoisotopic (exact) mass is 490 g/mol. The van der Waals surface area contributed by atoms with Gasteiger partial charge in [-0.1, -0.05) is 11.6 Å². The molecular formula is C20H17ClF2N8OS. The molecule has 4 heterocycles. The van der Waals surface area contributed by atoms with Gasteiger partial charge in [-0.15, -0.1) is 16.4 Å². The van der Waals surface area contributed by atoms with E-state index in [1.54, 1.807) is 20.9 Å². The van der Waals surface area contributed by atoms with Gasteiger partial charge in [0.2, 0.25) is 17.8 Å². The highest BCUT2D eigenvalue weighted by molar-refractivity contribution is 7.09. The molecule has 0 bridgehead atoms. The zero-order valence-electron chi connectivity index (χ0n) is 17.1. The van der Waals surface area contributed by atoms with Gasteiger partial charge in [0.1, 0.15) is 18.7 Å². The van der Waals surface area contributed by atoms with Gasteiger partial charge in [0.25, 0.3) is 0 Å². The lowest BCUT2D eigenvalue weighted by atomic mass is 9.98. The number of thiazole rings is 1. The smallest absolute Gasteiger partial charge is 0.239 e. The Morgan fingerprint density at radius 3 is 2.45 bits per heavy atom. The number of benzene rings is 1. The average molecular weight is 491 g/mol. The van der Waals surface area contributed by atoms with Gasteiger partial charge >= 0.3 is 0 Å². The largest absolute Gasteiger partial charge is 0.487 e. The van der Waals surface area contributed by atoms with Gasteiger partial charge in [-0.2, -0.15) is 18.7 Å². The highest BCUT2D eigenvalue weighted by Gasteiger charge is 2.26. The summed E-state index contributed by atoms with van der Waals surface area (Å²) in [5.74, 6) is -1.09. The van der Waals surface area contributed by atoms with E-state index in [9.17, 15) is 8.78 Å². The molecule has 5 rings (SSSR count). The van der Waals surface area contributed by atoms with Gasteiger partial charge in [0.15, 0.2) is 5.02 Å². The molecule has 0 saturated carbocycles. The number of hydrogen-bond donors (Lipinski definition) is 0. The van der Waals surface area contributed by atoms with Crippen LogP contribution in [0.2, 0.25) is 5.02 Å². The zero-order valence-corrected chi connectivity index (χ0v) is 18.7. The Labute approximate surface area is 196 Å². The van der Waals surface area contributed by atoms with Crippen LogP contribution in [0.3, 0.4) is 0 Å². The lowest BCUT2D eigenvalue weighted by Gasteiger charge is -2.31. The van der Waals surface area contributed by atoms with E-state index in [-0.39, 0.29) is 11.9 Å². The summed E-state index contributed by atoms with van der Waals surface area (Å²) in [6.45, 7) is 1.51. The number of hydrogen-bond acceptors (Lipinski definition) is 9. The van der Waals surface area contributed by atoms with E-state index >= 15 is 0 Å². The van der Waals surface area contributed by atoms with E-state index in [2.05, 4.69) is 25.5 Å². The molecule has 13 heteroatoms. The second-order valence-electron chi connectivity index (χ2n) is 7.39. The Morgan fingerprint density at radius 2 is 1.79 bits per heavy atom. The molecule has 1 aliphatic rings. The summed E-state index contributed by atoms with van der Waals surface area (Å²) >= 11 is 7.06. The van der Waals surface area contributed by atoms with E-state index in [4.69, 9.17) is 21.3 Å². The number of ether oxygens (including phenoxy) is 1. The Hall–Kier alpha value is -3.25. The molecule has 170 valence electrons. The Kier molecular flexibility index (Phi) is 6.09. The summed E-state index contributed by atoms with van der Waals surface area (Å²) in [5, 5.41) is 13.4. The second-order valence-corrected chi connectivity index (χ2v) is 8.66. The molecule has 1 aromatic carbocycles. The van der Waals surface area contributed by atoms with Crippen molar-refractivity contribution in [1.82, 2.24) is 35.2 Å². The number of rotatable bonds is 6. The maximum Gasteiger partial charge on any atom is 0.239 e. The molecule has 4 aromatic rings. The fourth-order valence-electron chi connectivity index (χ4n) is 3.56. The highest BCUT2D eigenvalue weighted by Crippen LogP contribution is 2.32. The summed E-state index contributed by atoms with van der Waals surface area (Å²) in [6.07, 6.45) is 3.08. The maximum atomic E-state index is 13.6. The van der Waals surface area contributed by atoms with Crippen molar-refractivity contribution < 1.29 is 13.5 Å². The minimum Gasteiger partial charge on any atom is -0.487 e. The van der Waals surface area contributed by atoms with Gasteiger partial charge in [-0.05, 0) is 47.5 Å². The molecule has 0 aliphatic carbocycles. The first-order valence-corrected chi connectivity index (χ1v) is 11.4. The quantitative estimate of drug-likeness (QED) is 0.377. The van der Waals surface area contributed by atoms with Gasteiger partial charge in [-0.25, -0.2) is 9.67 Å². The maximum absolute atomic E-state index is 13.6. The molecule has 0 amide bonds. The third-order valence-electron chi connectivity index (χ3n) is 5.29. The molecule has 0 spiro atoms. The number of halogens is 3. The minimum absolute atomic E-state index is 0.0205. The van der Waals surface area contributed by atoms with Crippen LogP contribution in [0, 0.1) is 11.9 Å². The lowest BCUT2D eigenvalue weighted by Crippen LogP contribution is -2.34. The predicted molar refractivity (Wildman–Crippen MR) is 117 cm³/mol. The van der Waals surface area contributed by atoms with Crippen molar-refractivity contribution in [3.8, 4) is 11.4 Å². The first-order valence-electron chi connectivity index (χ1n) is 10.1. The number of piperidine rings is 1. The molecule has 33 heavy (non-hydrogen) atoms. The molecule has 1 saturated heterocycles. The number of anilines is 1. The molecule has 0 unspecified atom stereocenters. The van der Waals surface area contributed by atoms with E-state index in [1.807, 2.05) is 29.6 Å². The normalized spacial score (nSPS) is 14.6. The van der Waals surface area contributed by atoms with E-state index in [0.29, 0.717) is 19.7 Å². The number of nitrogens with zero attached hydrogens (tertiary/aromatic N) is 8. The van der Waals surface area contributed by atoms with Crippen LogP contribution >= 0.6 is 22.9 Å². The van der Waals surface area contributed by atoms with Crippen molar-refractivity contribution in [3.05, 3.63) is 63.6 Å². The van der Waals surface area contributed by atoms with Crippen molar-refractivity contribution in [2.24, 2.45) is 0 Å². The van der Waals surface area contributed by atoms with Crippen LogP contribution in [0.1, 0.15) is 29.5 Å². The van der Waals surface area contributed by atoms with Crippen LogP contribution in [0.25, 0.3) is 5.69 Å². The molecule has 9 nitrogen and oxygen atoms in total. The highest BCUT2D eigenvalue weighted by atomic mass is 35.5. The van der Waals surface area contributed by atoms with Crippen molar-refractivity contribution in [1.29, 1.82) is 0 Å². The van der Waals surface area contributed by atoms with Crippen LogP contribution in [-0.2, 0) is 6.61 Å². The van der Waals surface area contributed by atoms with E-state index in [1.165, 1.54) is 6.33 Å². The minimum atomic E-state index is -1.05. The second kappa shape index (κ2) is 9.32. The Morgan fingerprint density at radius 1 is 1.06 bits per heavy atom. The first-order chi connectivity index (χ1) is 16.1. The van der Waals surface area contributed by atoms with Gasteiger partial charge < -0.3 is 9.64 Å². The average Bonchev–Trinajstić information content (AvgIpc) is 3.54. The van der Waals surface area contributed by atoms with Crippen molar-refractivity contribution in [3.63, 3.8) is 0 Å². The van der Waals surface area contributed by atoms with Gasteiger partial charge in [0.05, 0.1) is 16.4 Å². The fraction of sp³-hybridized carbons (Fsp3) is 0.300.